The Bertz CT molecular complexity index is 1350. The molecule has 1 aliphatic rings. The second kappa shape index (κ2) is 9.57. The van der Waals surface area contributed by atoms with E-state index >= 15 is 0 Å². The van der Waals surface area contributed by atoms with Gasteiger partial charge in [0.05, 0.1) is 11.1 Å². The van der Waals surface area contributed by atoms with Crippen molar-refractivity contribution in [1.82, 2.24) is 9.88 Å². The zero-order chi connectivity index (χ0) is 23.5. The molecular formula is C29H26N2O3. The summed E-state index contributed by atoms with van der Waals surface area (Å²) in [5, 5.41) is 0.760. The molecule has 0 saturated carbocycles. The molecule has 0 unspecified atom stereocenters. The van der Waals surface area contributed by atoms with E-state index < -0.39 is 5.97 Å². The van der Waals surface area contributed by atoms with Crippen LogP contribution in [-0.2, 0) is 24.2 Å². The van der Waals surface area contributed by atoms with Crippen LogP contribution in [0.4, 0.5) is 0 Å². The Balaban J connectivity index is 1.42. The van der Waals surface area contributed by atoms with Gasteiger partial charge in [0.25, 0.3) is 0 Å². The Kier molecular flexibility index (Phi) is 6.19. The largest absolute Gasteiger partial charge is 0.454 e. The van der Waals surface area contributed by atoms with Gasteiger partial charge in [-0.1, -0.05) is 78.4 Å². The average Bonchev–Trinajstić information content (AvgIpc) is 2.86. The number of ether oxygens (including phenoxy) is 1. The summed E-state index contributed by atoms with van der Waals surface area (Å²) in [6.45, 7) is 3.95. The number of aryl methyl sites for hydroxylation is 1. The highest BCUT2D eigenvalue weighted by molar-refractivity contribution is 6.06. The second-order valence-corrected chi connectivity index (χ2v) is 8.74. The molecule has 0 atom stereocenters. The Hall–Kier alpha value is -3.83. The van der Waals surface area contributed by atoms with Crippen LogP contribution >= 0.6 is 0 Å². The van der Waals surface area contributed by atoms with Crippen LogP contribution in [0.3, 0.4) is 0 Å². The molecule has 5 rings (SSSR count). The third-order valence-electron chi connectivity index (χ3n) is 6.29. The minimum atomic E-state index is -0.475. The summed E-state index contributed by atoms with van der Waals surface area (Å²) in [5.41, 5.74) is 5.96. The molecule has 0 spiro atoms. The van der Waals surface area contributed by atoms with E-state index in [2.05, 4.69) is 17.0 Å². The number of ketones is 1. The van der Waals surface area contributed by atoms with Gasteiger partial charge in [0.1, 0.15) is 0 Å². The summed E-state index contributed by atoms with van der Waals surface area (Å²) in [6.07, 6.45) is 0.760. The van der Waals surface area contributed by atoms with E-state index in [0.29, 0.717) is 17.7 Å². The fourth-order valence-corrected chi connectivity index (χ4v) is 4.48. The molecule has 0 N–H and O–H groups in total. The minimum Gasteiger partial charge on any atom is -0.454 e. The topological polar surface area (TPSA) is 59.5 Å². The summed E-state index contributed by atoms with van der Waals surface area (Å²) in [4.78, 5) is 33.1. The number of carbonyl (C=O) groups excluding carboxylic acids is 2. The van der Waals surface area contributed by atoms with Crippen molar-refractivity contribution in [3.8, 4) is 0 Å². The van der Waals surface area contributed by atoms with Crippen LogP contribution in [0, 0.1) is 6.92 Å². The molecular weight excluding hydrogens is 424 g/mol. The summed E-state index contributed by atoms with van der Waals surface area (Å²) in [6, 6.07) is 25.2. The summed E-state index contributed by atoms with van der Waals surface area (Å²) < 4.78 is 5.57. The monoisotopic (exact) mass is 450 g/mol. The first-order valence-electron chi connectivity index (χ1n) is 11.5. The first-order chi connectivity index (χ1) is 16.6. The van der Waals surface area contributed by atoms with E-state index in [-0.39, 0.29) is 12.4 Å². The van der Waals surface area contributed by atoms with Gasteiger partial charge in [0.15, 0.2) is 12.4 Å². The fraction of sp³-hybridized carbons (Fsp3) is 0.207. The maximum absolute atomic E-state index is 13.4. The maximum atomic E-state index is 13.4. The smallest absolute Gasteiger partial charge is 0.339 e. The molecule has 1 aromatic heterocycles. The average molecular weight is 451 g/mol. The van der Waals surface area contributed by atoms with E-state index in [0.717, 1.165) is 47.2 Å². The first kappa shape index (κ1) is 22.0. The van der Waals surface area contributed by atoms with E-state index in [1.165, 1.54) is 5.56 Å². The van der Waals surface area contributed by atoms with Gasteiger partial charge in [-0.15, -0.1) is 0 Å². The molecule has 0 amide bonds. The van der Waals surface area contributed by atoms with Gasteiger partial charge in [-0.2, -0.15) is 0 Å². The number of hydrogen-bond donors (Lipinski definition) is 0. The van der Waals surface area contributed by atoms with Gasteiger partial charge in [-0.3, -0.25) is 14.7 Å². The number of rotatable bonds is 6. The maximum Gasteiger partial charge on any atom is 0.339 e. The van der Waals surface area contributed by atoms with Crippen molar-refractivity contribution < 1.29 is 14.3 Å². The number of hydrogen-bond acceptors (Lipinski definition) is 5. The Morgan fingerprint density at radius 3 is 2.47 bits per heavy atom. The molecule has 5 heteroatoms. The van der Waals surface area contributed by atoms with Crippen molar-refractivity contribution >= 4 is 22.7 Å². The molecule has 0 aliphatic carbocycles. The van der Waals surface area contributed by atoms with Crippen LogP contribution in [0.2, 0.25) is 0 Å². The van der Waals surface area contributed by atoms with Crippen molar-refractivity contribution in [3.63, 3.8) is 0 Å². The standard InChI is InChI=1S/C29H26N2O3/c1-20-11-13-22(14-12-20)27(32)19-34-29(33)28-23-9-5-6-10-25(23)30-26-15-16-31(18-24(26)28)17-21-7-3-2-4-8-21/h2-14H,15-19H2,1H3. The van der Waals surface area contributed by atoms with E-state index in [9.17, 15) is 9.59 Å². The molecule has 0 saturated heterocycles. The van der Waals surface area contributed by atoms with Gasteiger partial charge < -0.3 is 4.74 Å². The SMILES string of the molecule is Cc1ccc(C(=O)COC(=O)c2c3c(nc4ccccc24)CCN(Cc2ccccc2)C3)cc1. The second-order valence-electron chi connectivity index (χ2n) is 8.74. The quantitative estimate of drug-likeness (QED) is 0.301. The number of aromatic nitrogens is 1. The molecule has 0 bridgehead atoms. The normalized spacial score (nSPS) is 13.4. The Morgan fingerprint density at radius 2 is 1.68 bits per heavy atom. The molecule has 170 valence electrons. The molecule has 0 radical (unpaired) electrons. The lowest BCUT2D eigenvalue weighted by atomic mass is 9.95. The van der Waals surface area contributed by atoms with Crippen molar-refractivity contribution in [3.05, 3.63) is 112 Å². The number of pyridine rings is 1. The highest BCUT2D eigenvalue weighted by Crippen LogP contribution is 2.29. The number of para-hydroxylation sites is 1. The fourth-order valence-electron chi connectivity index (χ4n) is 4.48. The lowest BCUT2D eigenvalue weighted by Gasteiger charge is -2.30. The zero-order valence-electron chi connectivity index (χ0n) is 19.2. The van der Waals surface area contributed by atoms with Crippen LogP contribution in [0.1, 0.15) is 43.1 Å². The lowest BCUT2D eigenvalue weighted by Crippen LogP contribution is -2.32. The Labute approximate surface area is 199 Å². The van der Waals surface area contributed by atoms with Crippen LogP contribution in [0.15, 0.2) is 78.9 Å². The third kappa shape index (κ3) is 4.61. The van der Waals surface area contributed by atoms with Crippen molar-refractivity contribution in [2.75, 3.05) is 13.2 Å². The molecule has 4 aromatic rings. The summed E-state index contributed by atoms with van der Waals surface area (Å²) >= 11 is 0. The van der Waals surface area contributed by atoms with E-state index in [4.69, 9.17) is 9.72 Å². The Morgan fingerprint density at radius 1 is 0.941 bits per heavy atom. The van der Waals surface area contributed by atoms with Gasteiger partial charge in [0, 0.05) is 48.3 Å². The number of esters is 1. The number of Topliss-reactive ketones (excluding diaryl/α,β-unsaturated/α-hetero) is 1. The van der Waals surface area contributed by atoms with Crippen LogP contribution < -0.4 is 0 Å². The predicted molar refractivity (Wildman–Crippen MR) is 132 cm³/mol. The zero-order valence-corrected chi connectivity index (χ0v) is 19.2. The van der Waals surface area contributed by atoms with Crippen molar-refractivity contribution in [2.24, 2.45) is 0 Å². The first-order valence-corrected chi connectivity index (χ1v) is 11.5. The van der Waals surface area contributed by atoms with Crippen molar-refractivity contribution in [1.29, 1.82) is 0 Å². The minimum absolute atomic E-state index is 0.216. The van der Waals surface area contributed by atoms with Gasteiger partial charge >= 0.3 is 5.97 Å². The number of fused-ring (bicyclic) bond motifs is 2. The number of carbonyl (C=O) groups is 2. The van der Waals surface area contributed by atoms with Crippen LogP contribution in [-0.4, -0.2) is 34.8 Å². The number of benzene rings is 3. The number of nitrogens with zero attached hydrogens (tertiary/aromatic N) is 2. The molecule has 1 aliphatic heterocycles. The molecule has 0 fully saturated rings. The van der Waals surface area contributed by atoms with Gasteiger partial charge in [-0.25, -0.2) is 4.79 Å². The predicted octanol–water partition coefficient (Wildman–Crippen LogP) is 5.14. The third-order valence-corrected chi connectivity index (χ3v) is 6.29. The highest BCUT2D eigenvalue weighted by Gasteiger charge is 2.27. The van der Waals surface area contributed by atoms with Crippen LogP contribution in [0.5, 0.6) is 0 Å². The van der Waals surface area contributed by atoms with Gasteiger partial charge in [0.2, 0.25) is 0 Å². The van der Waals surface area contributed by atoms with Crippen molar-refractivity contribution in [2.45, 2.75) is 26.4 Å². The molecule has 34 heavy (non-hydrogen) atoms. The van der Waals surface area contributed by atoms with Crippen LogP contribution in [0.25, 0.3) is 10.9 Å². The van der Waals surface area contributed by atoms with Gasteiger partial charge in [-0.05, 0) is 18.6 Å². The molecule has 2 heterocycles. The highest BCUT2D eigenvalue weighted by atomic mass is 16.5. The summed E-state index contributed by atoms with van der Waals surface area (Å²) in [7, 11) is 0. The molecule has 5 nitrogen and oxygen atoms in total. The summed E-state index contributed by atoms with van der Waals surface area (Å²) in [5.74, 6) is -0.692. The molecule has 3 aromatic carbocycles. The lowest BCUT2D eigenvalue weighted by molar-refractivity contribution is 0.0473. The van der Waals surface area contributed by atoms with E-state index in [1.54, 1.807) is 12.1 Å². The van der Waals surface area contributed by atoms with E-state index in [1.807, 2.05) is 61.5 Å².